The van der Waals surface area contributed by atoms with Crippen LogP contribution in [0.1, 0.15) is 27.8 Å². The average Bonchev–Trinajstić information content (AvgIpc) is 2.95. The Morgan fingerprint density at radius 3 is 2.73 bits per heavy atom. The van der Waals surface area contributed by atoms with Crippen LogP contribution >= 0.6 is 11.8 Å². The number of anilines is 1. The Labute approximate surface area is 234 Å². The quantitative estimate of drug-likeness (QED) is 0.180. The van der Waals surface area contributed by atoms with Gasteiger partial charge in [-0.3, -0.25) is 9.59 Å². The fourth-order valence-corrected chi connectivity index (χ4v) is 5.31. The number of aromatic nitrogens is 2. The Hall–Kier alpha value is -4.81. The first-order valence-corrected chi connectivity index (χ1v) is 13.5. The van der Waals surface area contributed by atoms with E-state index in [1.807, 2.05) is 56.3 Å². The van der Waals surface area contributed by atoms with E-state index in [-0.39, 0.29) is 11.0 Å². The highest BCUT2D eigenvalue weighted by Gasteiger charge is 2.15. The molecule has 40 heavy (non-hydrogen) atoms. The molecule has 0 saturated carbocycles. The van der Waals surface area contributed by atoms with Crippen molar-refractivity contribution in [3.05, 3.63) is 115 Å². The van der Waals surface area contributed by atoms with Crippen LogP contribution in [0.3, 0.4) is 0 Å². The maximum atomic E-state index is 13.1. The number of nitrogens with one attached hydrogen (secondary N) is 2. The maximum Gasteiger partial charge on any atom is 0.270 e. The Bertz CT molecular complexity index is 1890. The highest BCUT2D eigenvalue weighted by atomic mass is 32.2. The molecule has 0 spiro atoms. The Morgan fingerprint density at radius 2 is 1.93 bits per heavy atom. The maximum absolute atomic E-state index is 13.1. The first-order chi connectivity index (χ1) is 19.4. The third-order valence-corrected chi connectivity index (χ3v) is 7.37. The van der Waals surface area contributed by atoms with Crippen LogP contribution in [0, 0.1) is 25.2 Å². The minimum absolute atomic E-state index is 0.0411. The van der Waals surface area contributed by atoms with Gasteiger partial charge >= 0.3 is 0 Å². The first-order valence-electron chi connectivity index (χ1n) is 12.5. The van der Waals surface area contributed by atoms with Gasteiger partial charge in [-0.15, -0.1) is 0 Å². The number of nitriles is 1. The molecule has 0 atom stereocenters. The fourth-order valence-electron chi connectivity index (χ4n) is 4.51. The van der Waals surface area contributed by atoms with Gasteiger partial charge in [0.2, 0.25) is 0 Å². The van der Waals surface area contributed by atoms with Crippen LogP contribution < -0.4 is 21.0 Å². The van der Waals surface area contributed by atoms with Gasteiger partial charge < -0.3 is 19.5 Å². The standard InChI is InChI=1S/C31H26N4O4S/c1-18-10-19(2)27-26(11-18)39-16-22(29(27)36)15-33-23-8-4-6-20(12-23)17-40-31-34-28(25(14-32)30(37)35-31)21-7-5-9-24(13-21)38-3/h4-13,16,33H,15,17H2,1-3H3,(H,34,35,37). The number of hydrogen-bond acceptors (Lipinski definition) is 8. The van der Waals surface area contributed by atoms with Gasteiger partial charge in [-0.05, 0) is 60.9 Å². The SMILES string of the molecule is COc1cccc(-c2nc(SCc3cccc(NCc4coc5cc(C)cc(C)c5c4=O)c3)[nH]c(=O)c2C#N)c1. The molecule has 0 radical (unpaired) electrons. The molecular weight excluding hydrogens is 524 g/mol. The van der Waals surface area contributed by atoms with Gasteiger partial charge in [0.05, 0.1) is 30.0 Å². The van der Waals surface area contributed by atoms with Crippen LogP contribution in [0.4, 0.5) is 5.69 Å². The summed E-state index contributed by atoms with van der Waals surface area (Å²) in [5.41, 5.74) is 5.26. The van der Waals surface area contributed by atoms with E-state index in [0.29, 0.717) is 51.0 Å². The minimum Gasteiger partial charge on any atom is -0.497 e. The molecular formula is C31H26N4O4S. The summed E-state index contributed by atoms with van der Waals surface area (Å²) in [6.07, 6.45) is 1.52. The number of aromatic amines is 1. The second-order valence-electron chi connectivity index (χ2n) is 9.33. The van der Waals surface area contributed by atoms with Crippen molar-refractivity contribution < 1.29 is 9.15 Å². The van der Waals surface area contributed by atoms with Crippen molar-refractivity contribution in [1.82, 2.24) is 9.97 Å². The van der Waals surface area contributed by atoms with Crippen LogP contribution in [0.15, 0.2) is 86.1 Å². The molecule has 0 saturated heterocycles. The van der Waals surface area contributed by atoms with Gasteiger partial charge in [-0.1, -0.05) is 42.1 Å². The molecule has 0 bridgehead atoms. The van der Waals surface area contributed by atoms with Crippen molar-refractivity contribution in [2.24, 2.45) is 0 Å². The highest BCUT2D eigenvalue weighted by Crippen LogP contribution is 2.27. The molecule has 2 N–H and O–H groups in total. The second-order valence-corrected chi connectivity index (χ2v) is 10.3. The van der Waals surface area contributed by atoms with Crippen LogP contribution in [-0.2, 0) is 12.3 Å². The summed E-state index contributed by atoms with van der Waals surface area (Å²) in [7, 11) is 1.55. The number of rotatable bonds is 8. The van der Waals surface area contributed by atoms with Gasteiger partial charge in [0.15, 0.2) is 10.6 Å². The second kappa shape index (κ2) is 11.5. The molecule has 0 amide bonds. The molecule has 200 valence electrons. The van der Waals surface area contributed by atoms with E-state index in [1.165, 1.54) is 18.0 Å². The van der Waals surface area contributed by atoms with Crippen LogP contribution in [-0.4, -0.2) is 17.1 Å². The van der Waals surface area contributed by atoms with Crippen molar-refractivity contribution in [2.45, 2.75) is 31.3 Å². The van der Waals surface area contributed by atoms with Crippen molar-refractivity contribution >= 4 is 28.4 Å². The molecule has 0 aliphatic carbocycles. The van der Waals surface area contributed by atoms with Crippen LogP contribution in [0.2, 0.25) is 0 Å². The molecule has 2 aromatic heterocycles. The summed E-state index contributed by atoms with van der Waals surface area (Å²) >= 11 is 1.36. The van der Waals surface area contributed by atoms with E-state index < -0.39 is 5.56 Å². The zero-order chi connectivity index (χ0) is 28.2. The number of methoxy groups -OCH3 is 1. The first kappa shape index (κ1) is 26.8. The zero-order valence-corrected chi connectivity index (χ0v) is 23.0. The van der Waals surface area contributed by atoms with E-state index in [2.05, 4.69) is 15.3 Å². The van der Waals surface area contributed by atoms with E-state index in [0.717, 1.165) is 22.4 Å². The van der Waals surface area contributed by atoms with Crippen molar-refractivity contribution in [3.63, 3.8) is 0 Å². The third-order valence-electron chi connectivity index (χ3n) is 6.43. The number of aryl methyl sites for hydroxylation is 2. The van der Waals surface area contributed by atoms with Crippen molar-refractivity contribution in [1.29, 1.82) is 5.26 Å². The molecule has 2 heterocycles. The molecule has 0 aliphatic heterocycles. The summed E-state index contributed by atoms with van der Waals surface area (Å²) in [5.74, 6) is 1.13. The Balaban J connectivity index is 1.32. The van der Waals surface area contributed by atoms with Gasteiger partial charge in [-0.25, -0.2) is 4.98 Å². The lowest BCUT2D eigenvalue weighted by atomic mass is 10.1. The minimum atomic E-state index is -0.493. The monoisotopic (exact) mass is 550 g/mol. The van der Waals surface area contributed by atoms with Gasteiger partial charge in [0.25, 0.3) is 5.56 Å². The fraction of sp³-hybridized carbons (Fsp3) is 0.161. The van der Waals surface area contributed by atoms with Gasteiger partial charge in [0, 0.05) is 23.5 Å². The number of fused-ring (bicyclic) bond motifs is 1. The number of ether oxygens (including phenoxy) is 1. The lowest BCUT2D eigenvalue weighted by Gasteiger charge is -2.10. The summed E-state index contributed by atoms with van der Waals surface area (Å²) in [6.45, 7) is 4.21. The van der Waals surface area contributed by atoms with Crippen LogP contribution in [0.5, 0.6) is 5.75 Å². The molecule has 5 rings (SSSR count). The normalized spacial score (nSPS) is 10.8. The molecule has 9 heteroatoms. The average molecular weight is 551 g/mol. The number of benzene rings is 3. The zero-order valence-electron chi connectivity index (χ0n) is 22.2. The summed E-state index contributed by atoms with van der Waals surface area (Å²) in [6, 6.07) is 20.7. The third kappa shape index (κ3) is 5.63. The Morgan fingerprint density at radius 1 is 1.10 bits per heavy atom. The largest absolute Gasteiger partial charge is 0.497 e. The molecule has 5 aromatic rings. The van der Waals surface area contributed by atoms with Crippen molar-refractivity contribution in [3.8, 4) is 23.1 Å². The Kier molecular flexibility index (Phi) is 7.71. The van der Waals surface area contributed by atoms with E-state index in [9.17, 15) is 14.9 Å². The molecule has 3 aromatic carbocycles. The molecule has 0 aliphatic rings. The number of H-pyrrole nitrogens is 1. The number of hydrogen-bond donors (Lipinski definition) is 2. The van der Waals surface area contributed by atoms with E-state index in [4.69, 9.17) is 9.15 Å². The predicted molar refractivity (Wildman–Crippen MR) is 157 cm³/mol. The van der Waals surface area contributed by atoms with E-state index >= 15 is 0 Å². The predicted octanol–water partition coefficient (Wildman–Crippen LogP) is 5.94. The van der Waals surface area contributed by atoms with Gasteiger partial charge in [-0.2, -0.15) is 5.26 Å². The molecule has 0 fully saturated rings. The summed E-state index contributed by atoms with van der Waals surface area (Å²) in [5, 5.41) is 13.9. The molecule has 8 nitrogen and oxygen atoms in total. The number of thioether (sulfide) groups is 1. The molecule has 0 unspecified atom stereocenters. The smallest absolute Gasteiger partial charge is 0.270 e. The van der Waals surface area contributed by atoms with Gasteiger partial charge in [0.1, 0.15) is 23.0 Å². The van der Waals surface area contributed by atoms with E-state index in [1.54, 1.807) is 31.4 Å². The highest BCUT2D eigenvalue weighted by molar-refractivity contribution is 7.98. The summed E-state index contributed by atoms with van der Waals surface area (Å²) in [4.78, 5) is 33.0. The topological polar surface area (TPSA) is 121 Å². The van der Waals surface area contributed by atoms with Crippen LogP contribution in [0.25, 0.3) is 22.2 Å². The summed E-state index contributed by atoms with van der Waals surface area (Å²) < 4.78 is 11.0. The van der Waals surface area contributed by atoms with Crippen molar-refractivity contribution in [2.75, 3.05) is 12.4 Å². The number of nitrogens with zero attached hydrogens (tertiary/aromatic N) is 2. The lowest BCUT2D eigenvalue weighted by molar-refractivity contribution is 0.415. The lowest BCUT2D eigenvalue weighted by Crippen LogP contribution is -2.14.